The van der Waals surface area contributed by atoms with Gasteiger partial charge in [0.2, 0.25) is 0 Å². The first-order chi connectivity index (χ1) is 10.2. The van der Waals surface area contributed by atoms with Crippen molar-refractivity contribution in [2.45, 2.75) is 26.3 Å². The molecule has 1 fully saturated rings. The highest BCUT2D eigenvalue weighted by Gasteiger charge is 2.19. The second-order valence-electron chi connectivity index (χ2n) is 5.75. The zero-order valence-corrected chi connectivity index (χ0v) is 13.3. The molecule has 1 N–H and O–H groups in total. The average molecular weight is 307 g/mol. The van der Waals surface area contributed by atoms with E-state index < -0.39 is 0 Å². The number of likely N-dealkylation sites (tertiary alicyclic amines) is 1. The molecule has 0 aliphatic carbocycles. The molecule has 5 heteroatoms. The molecule has 114 valence electrons. The Morgan fingerprint density at radius 1 is 1.38 bits per heavy atom. The molecule has 1 aromatic heterocycles. The second kappa shape index (κ2) is 6.81. The Morgan fingerprint density at radius 3 is 2.95 bits per heavy atom. The fraction of sp³-hybridized carbons (Fsp3) is 0.562. The Kier molecular flexibility index (Phi) is 4.83. The van der Waals surface area contributed by atoms with Gasteiger partial charge < -0.3 is 5.32 Å². The number of hydrogen-bond acceptors (Lipinski definition) is 4. The van der Waals surface area contributed by atoms with Crippen molar-refractivity contribution in [2.24, 2.45) is 5.92 Å². The molecule has 3 rings (SSSR count). The largest absolute Gasteiger partial charge is 0.317 e. The van der Waals surface area contributed by atoms with E-state index >= 15 is 0 Å². The summed E-state index contributed by atoms with van der Waals surface area (Å²) in [6.45, 7) is 7.54. The Hall–Kier alpha value is -1.04. The van der Waals surface area contributed by atoms with Crippen LogP contribution < -0.4 is 5.32 Å². The topological polar surface area (TPSA) is 28.2 Å². The van der Waals surface area contributed by atoms with Crippen LogP contribution in [0, 0.1) is 11.7 Å². The molecule has 2 heterocycles. The smallest absolute Gasteiger partial charge is 0.124 e. The third-order valence-electron chi connectivity index (χ3n) is 4.14. The lowest BCUT2D eigenvalue weighted by atomic mass is 9.97. The lowest BCUT2D eigenvalue weighted by molar-refractivity contribution is 0.176. The van der Waals surface area contributed by atoms with Gasteiger partial charge in [0.05, 0.1) is 16.8 Å². The molecule has 0 bridgehead atoms. The van der Waals surface area contributed by atoms with E-state index in [1.165, 1.54) is 18.9 Å². The van der Waals surface area contributed by atoms with E-state index in [1.807, 2.05) is 0 Å². The maximum atomic E-state index is 13.2. The van der Waals surface area contributed by atoms with Gasteiger partial charge in [-0.05, 0) is 63.1 Å². The van der Waals surface area contributed by atoms with E-state index in [-0.39, 0.29) is 5.82 Å². The van der Waals surface area contributed by atoms with E-state index in [0.29, 0.717) is 0 Å². The number of aromatic nitrogens is 1. The minimum Gasteiger partial charge on any atom is -0.317 e. The summed E-state index contributed by atoms with van der Waals surface area (Å²) in [5, 5.41) is 4.54. The molecule has 0 atom stereocenters. The Bertz CT molecular complexity index is 590. The van der Waals surface area contributed by atoms with Crippen LogP contribution >= 0.6 is 11.3 Å². The fourth-order valence-electron chi connectivity index (χ4n) is 2.90. The van der Waals surface area contributed by atoms with Crippen LogP contribution in [-0.4, -0.2) is 36.1 Å². The number of nitrogens with one attached hydrogen (secondary N) is 1. The van der Waals surface area contributed by atoms with Gasteiger partial charge in [-0.1, -0.05) is 6.92 Å². The molecule has 0 saturated carbocycles. The van der Waals surface area contributed by atoms with E-state index in [9.17, 15) is 4.39 Å². The van der Waals surface area contributed by atoms with E-state index in [1.54, 1.807) is 23.5 Å². The molecule has 3 nitrogen and oxygen atoms in total. The number of hydrogen-bond donors (Lipinski definition) is 1. The van der Waals surface area contributed by atoms with Crippen LogP contribution in [0.25, 0.3) is 10.2 Å². The molecule has 2 aromatic rings. The van der Waals surface area contributed by atoms with Crippen LogP contribution in [0.5, 0.6) is 0 Å². The average Bonchev–Trinajstić information content (AvgIpc) is 2.88. The fourth-order valence-corrected chi connectivity index (χ4v) is 3.94. The van der Waals surface area contributed by atoms with Crippen molar-refractivity contribution >= 4 is 21.6 Å². The number of fused-ring (bicyclic) bond motifs is 1. The van der Waals surface area contributed by atoms with Gasteiger partial charge in [0, 0.05) is 0 Å². The van der Waals surface area contributed by atoms with Gasteiger partial charge in [-0.2, -0.15) is 0 Å². The van der Waals surface area contributed by atoms with Crippen molar-refractivity contribution in [1.29, 1.82) is 0 Å². The van der Waals surface area contributed by atoms with Crippen LogP contribution in [-0.2, 0) is 6.54 Å². The van der Waals surface area contributed by atoms with Crippen molar-refractivity contribution < 1.29 is 4.39 Å². The molecule has 1 saturated heterocycles. The summed E-state index contributed by atoms with van der Waals surface area (Å²) < 4.78 is 14.2. The van der Waals surface area contributed by atoms with Crippen molar-refractivity contribution in [2.75, 3.05) is 26.2 Å². The molecule has 0 amide bonds. The zero-order chi connectivity index (χ0) is 14.7. The van der Waals surface area contributed by atoms with Gasteiger partial charge in [-0.3, -0.25) is 4.90 Å². The summed E-state index contributed by atoms with van der Waals surface area (Å²) >= 11 is 1.61. The zero-order valence-electron chi connectivity index (χ0n) is 12.4. The van der Waals surface area contributed by atoms with E-state index in [4.69, 9.17) is 0 Å². The highest BCUT2D eigenvalue weighted by atomic mass is 32.1. The Morgan fingerprint density at radius 2 is 2.19 bits per heavy atom. The summed E-state index contributed by atoms with van der Waals surface area (Å²) in [4.78, 5) is 7.08. The summed E-state index contributed by atoms with van der Waals surface area (Å²) in [5.74, 6) is 0.632. The lowest BCUT2D eigenvalue weighted by Crippen LogP contribution is -2.36. The number of rotatable bonds is 5. The minimum absolute atomic E-state index is 0.179. The van der Waals surface area contributed by atoms with Crippen LogP contribution in [0.15, 0.2) is 18.2 Å². The molecular weight excluding hydrogens is 285 g/mol. The monoisotopic (exact) mass is 307 g/mol. The minimum atomic E-state index is -0.179. The number of thiazole rings is 1. The molecule has 0 unspecified atom stereocenters. The van der Waals surface area contributed by atoms with E-state index in [0.717, 1.165) is 53.9 Å². The lowest BCUT2D eigenvalue weighted by Gasteiger charge is -2.31. The predicted octanol–water partition coefficient (Wildman–Crippen LogP) is 3.26. The van der Waals surface area contributed by atoms with Crippen LogP contribution in [0.1, 0.15) is 24.8 Å². The highest BCUT2D eigenvalue weighted by Crippen LogP contribution is 2.25. The summed E-state index contributed by atoms with van der Waals surface area (Å²) in [7, 11) is 0. The second-order valence-corrected chi connectivity index (χ2v) is 6.86. The number of piperidine rings is 1. The Balaban J connectivity index is 1.56. The first-order valence-electron chi connectivity index (χ1n) is 7.72. The van der Waals surface area contributed by atoms with Crippen molar-refractivity contribution in [3.8, 4) is 0 Å². The van der Waals surface area contributed by atoms with Gasteiger partial charge in [0.1, 0.15) is 10.8 Å². The molecule has 1 aromatic carbocycles. The number of benzene rings is 1. The van der Waals surface area contributed by atoms with Gasteiger partial charge >= 0.3 is 0 Å². The van der Waals surface area contributed by atoms with Crippen LogP contribution in [0.4, 0.5) is 4.39 Å². The molecule has 0 radical (unpaired) electrons. The SMILES string of the molecule is CCNCC1CCN(Cc2nc3ccc(F)cc3s2)CC1. The first-order valence-corrected chi connectivity index (χ1v) is 8.54. The third-order valence-corrected chi connectivity index (χ3v) is 5.15. The molecule has 21 heavy (non-hydrogen) atoms. The van der Waals surface area contributed by atoms with Crippen LogP contribution in [0.3, 0.4) is 0 Å². The summed E-state index contributed by atoms with van der Waals surface area (Å²) in [5.41, 5.74) is 0.915. The maximum Gasteiger partial charge on any atom is 0.124 e. The van der Waals surface area contributed by atoms with E-state index in [2.05, 4.69) is 22.1 Å². The summed E-state index contributed by atoms with van der Waals surface area (Å²) in [6.07, 6.45) is 2.51. The third kappa shape index (κ3) is 3.78. The highest BCUT2D eigenvalue weighted by molar-refractivity contribution is 7.18. The maximum absolute atomic E-state index is 13.2. The molecule has 0 spiro atoms. The van der Waals surface area contributed by atoms with Crippen molar-refractivity contribution in [3.05, 3.63) is 29.0 Å². The molecule has 1 aliphatic rings. The van der Waals surface area contributed by atoms with Crippen molar-refractivity contribution in [3.63, 3.8) is 0 Å². The molecule has 1 aliphatic heterocycles. The number of nitrogens with zero attached hydrogens (tertiary/aromatic N) is 2. The Labute approximate surface area is 129 Å². The molecular formula is C16H22FN3S. The van der Waals surface area contributed by atoms with Gasteiger partial charge in [0.25, 0.3) is 0 Å². The normalized spacial score (nSPS) is 17.6. The summed E-state index contributed by atoms with van der Waals surface area (Å²) in [6, 6.07) is 4.84. The van der Waals surface area contributed by atoms with Gasteiger partial charge in [-0.15, -0.1) is 11.3 Å². The first kappa shape index (κ1) is 14.9. The van der Waals surface area contributed by atoms with Gasteiger partial charge in [0.15, 0.2) is 0 Å². The standard InChI is InChI=1S/C16H22FN3S/c1-2-18-10-12-5-7-20(8-6-12)11-16-19-14-4-3-13(17)9-15(14)21-16/h3-4,9,12,18H,2,5-8,10-11H2,1H3. The van der Waals surface area contributed by atoms with Crippen LogP contribution in [0.2, 0.25) is 0 Å². The number of halogens is 1. The predicted molar refractivity (Wildman–Crippen MR) is 86.1 cm³/mol. The van der Waals surface area contributed by atoms with Gasteiger partial charge in [-0.25, -0.2) is 9.37 Å². The van der Waals surface area contributed by atoms with Crippen molar-refractivity contribution in [1.82, 2.24) is 15.2 Å². The quantitative estimate of drug-likeness (QED) is 0.919.